The van der Waals surface area contributed by atoms with E-state index in [-0.39, 0.29) is 24.1 Å². The van der Waals surface area contributed by atoms with Crippen molar-refractivity contribution in [1.82, 2.24) is 4.90 Å². The zero-order valence-electron chi connectivity index (χ0n) is 14.2. The van der Waals surface area contributed by atoms with Crippen LogP contribution in [0.1, 0.15) is 32.1 Å². The van der Waals surface area contributed by atoms with E-state index in [4.69, 9.17) is 4.74 Å². The molecule has 0 aromatic heterocycles. The minimum absolute atomic E-state index is 0.0586. The van der Waals surface area contributed by atoms with Crippen LogP contribution >= 0.6 is 0 Å². The first kappa shape index (κ1) is 18.3. The molecule has 2 amide bonds. The van der Waals surface area contributed by atoms with E-state index in [9.17, 15) is 23.2 Å². The maximum atomic E-state index is 13.5. The Morgan fingerprint density at radius 3 is 2.65 bits per heavy atom. The van der Waals surface area contributed by atoms with Crippen molar-refractivity contribution >= 4 is 23.5 Å². The Hall–Kier alpha value is -2.51. The van der Waals surface area contributed by atoms with Crippen molar-refractivity contribution in [2.75, 3.05) is 18.5 Å². The molecule has 1 heterocycles. The van der Waals surface area contributed by atoms with E-state index in [0.29, 0.717) is 12.6 Å². The Bertz CT molecular complexity index is 719. The highest BCUT2D eigenvalue weighted by Crippen LogP contribution is 2.29. The van der Waals surface area contributed by atoms with Crippen LogP contribution in [0, 0.1) is 17.6 Å². The second-order valence-electron chi connectivity index (χ2n) is 6.67. The number of hydrogen-bond donors (Lipinski definition) is 1. The molecule has 0 spiro atoms. The van der Waals surface area contributed by atoms with Crippen LogP contribution < -0.4 is 5.32 Å². The number of halogens is 2. The molecule has 1 atom stereocenters. The number of anilines is 1. The summed E-state index contributed by atoms with van der Waals surface area (Å²) < 4.78 is 31.3. The fourth-order valence-electron chi connectivity index (χ4n) is 3.49. The van der Waals surface area contributed by atoms with E-state index >= 15 is 0 Å². The van der Waals surface area contributed by atoms with Crippen molar-refractivity contribution in [3.63, 3.8) is 0 Å². The molecule has 6 nitrogen and oxygen atoms in total. The third-order valence-corrected chi connectivity index (χ3v) is 4.81. The molecule has 2 aliphatic rings. The van der Waals surface area contributed by atoms with Crippen LogP contribution in [-0.4, -0.2) is 41.9 Å². The summed E-state index contributed by atoms with van der Waals surface area (Å²) in [7, 11) is 0. The highest BCUT2D eigenvalue weighted by molar-refractivity contribution is 5.93. The topological polar surface area (TPSA) is 75.7 Å². The molecule has 1 saturated heterocycles. The lowest BCUT2D eigenvalue weighted by Crippen LogP contribution is -2.35. The fraction of sp³-hybridized carbons (Fsp3) is 0.500. The molecular formula is C18H20F2N2O4. The zero-order valence-corrected chi connectivity index (χ0v) is 14.2. The van der Waals surface area contributed by atoms with Crippen LogP contribution in [0.25, 0.3) is 0 Å². The van der Waals surface area contributed by atoms with E-state index < -0.39 is 36.0 Å². The first-order chi connectivity index (χ1) is 12.4. The number of ether oxygens (including phenoxy) is 1. The number of likely N-dealkylation sites (tertiary alicyclic amines) is 1. The second kappa shape index (κ2) is 7.80. The largest absolute Gasteiger partial charge is 0.455 e. The molecule has 0 bridgehead atoms. The Balaban J connectivity index is 1.47. The summed E-state index contributed by atoms with van der Waals surface area (Å²) in [6.07, 6.45) is 4.18. The van der Waals surface area contributed by atoms with Gasteiger partial charge in [-0.15, -0.1) is 0 Å². The van der Waals surface area contributed by atoms with E-state index in [1.54, 1.807) is 4.90 Å². The van der Waals surface area contributed by atoms with Crippen LogP contribution in [0.2, 0.25) is 0 Å². The summed E-state index contributed by atoms with van der Waals surface area (Å²) in [4.78, 5) is 37.7. The predicted molar refractivity (Wildman–Crippen MR) is 88.0 cm³/mol. The van der Waals surface area contributed by atoms with Gasteiger partial charge in [-0.05, 0) is 25.0 Å². The lowest BCUT2D eigenvalue weighted by molar-refractivity contribution is -0.151. The zero-order chi connectivity index (χ0) is 18.7. The Morgan fingerprint density at radius 2 is 1.96 bits per heavy atom. The van der Waals surface area contributed by atoms with Gasteiger partial charge < -0.3 is 15.0 Å². The highest BCUT2D eigenvalue weighted by Gasteiger charge is 2.39. The molecular weight excluding hydrogens is 346 g/mol. The normalized spacial score (nSPS) is 20.5. The maximum Gasteiger partial charge on any atom is 0.311 e. The van der Waals surface area contributed by atoms with E-state index in [2.05, 4.69) is 5.32 Å². The molecule has 26 heavy (non-hydrogen) atoms. The van der Waals surface area contributed by atoms with E-state index in [1.165, 1.54) is 0 Å². The van der Waals surface area contributed by atoms with Crippen LogP contribution in [0.3, 0.4) is 0 Å². The number of carbonyl (C=O) groups excluding carboxylic acids is 3. The van der Waals surface area contributed by atoms with Crippen molar-refractivity contribution in [1.29, 1.82) is 0 Å². The Kier molecular flexibility index (Phi) is 5.49. The maximum absolute atomic E-state index is 13.5. The van der Waals surface area contributed by atoms with Crippen LogP contribution in [-0.2, 0) is 19.1 Å². The van der Waals surface area contributed by atoms with Gasteiger partial charge in [-0.1, -0.05) is 12.8 Å². The number of amides is 2. The summed E-state index contributed by atoms with van der Waals surface area (Å²) in [5.41, 5.74) is -0.198. The van der Waals surface area contributed by atoms with Gasteiger partial charge in [0, 0.05) is 25.1 Å². The number of carbonyl (C=O) groups is 3. The number of hydrogen-bond acceptors (Lipinski definition) is 4. The third-order valence-electron chi connectivity index (χ3n) is 4.81. The van der Waals surface area contributed by atoms with E-state index in [0.717, 1.165) is 37.8 Å². The van der Waals surface area contributed by atoms with Crippen molar-refractivity contribution < 1.29 is 27.9 Å². The van der Waals surface area contributed by atoms with Gasteiger partial charge in [0.05, 0.1) is 11.6 Å². The molecule has 1 aliphatic heterocycles. The molecule has 3 rings (SSSR count). The average molecular weight is 366 g/mol. The van der Waals surface area contributed by atoms with Gasteiger partial charge in [-0.3, -0.25) is 14.4 Å². The number of nitrogens with zero attached hydrogens (tertiary/aromatic N) is 1. The summed E-state index contributed by atoms with van der Waals surface area (Å²) in [6, 6.07) is 2.93. The molecule has 140 valence electrons. The van der Waals surface area contributed by atoms with Crippen molar-refractivity contribution in [2.24, 2.45) is 5.92 Å². The number of benzene rings is 1. The predicted octanol–water partition coefficient (Wildman–Crippen LogP) is 2.24. The summed E-state index contributed by atoms with van der Waals surface area (Å²) >= 11 is 0. The summed E-state index contributed by atoms with van der Waals surface area (Å²) in [5.74, 6) is -3.67. The van der Waals surface area contributed by atoms with Gasteiger partial charge in [-0.2, -0.15) is 0 Å². The first-order valence-corrected chi connectivity index (χ1v) is 8.65. The van der Waals surface area contributed by atoms with Gasteiger partial charge in [0.1, 0.15) is 11.6 Å². The average Bonchev–Trinajstić information content (AvgIpc) is 3.24. The van der Waals surface area contributed by atoms with Gasteiger partial charge in [0.15, 0.2) is 6.61 Å². The van der Waals surface area contributed by atoms with Gasteiger partial charge in [0.2, 0.25) is 5.91 Å². The second-order valence-corrected chi connectivity index (χ2v) is 6.67. The number of esters is 1. The smallest absolute Gasteiger partial charge is 0.311 e. The van der Waals surface area contributed by atoms with Crippen LogP contribution in [0.4, 0.5) is 14.5 Å². The van der Waals surface area contributed by atoms with E-state index in [1.807, 2.05) is 0 Å². The number of rotatable bonds is 5. The standard InChI is InChI=1S/C18H20F2N2O4/c19-12-5-6-15(14(20)8-12)21-16(23)10-26-18(25)11-7-17(24)22(9-11)13-3-1-2-4-13/h5-6,8,11,13H,1-4,7,9-10H2,(H,21,23)/t11-/m1/s1. The lowest BCUT2D eigenvalue weighted by Gasteiger charge is -2.23. The van der Waals surface area contributed by atoms with Gasteiger partial charge in [-0.25, -0.2) is 8.78 Å². The molecule has 8 heteroatoms. The summed E-state index contributed by atoms with van der Waals surface area (Å²) in [6.45, 7) is -0.277. The first-order valence-electron chi connectivity index (χ1n) is 8.65. The molecule has 1 aromatic rings. The summed E-state index contributed by atoms with van der Waals surface area (Å²) in [5, 5.41) is 2.21. The minimum Gasteiger partial charge on any atom is -0.455 e. The van der Waals surface area contributed by atoms with Crippen molar-refractivity contribution in [3.05, 3.63) is 29.8 Å². The lowest BCUT2D eigenvalue weighted by atomic mass is 10.1. The highest BCUT2D eigenvalue weighted by atomic mass is 19.1. The Labute approximate surface area is 149 Å². The minimum atomic E-state index is -0.918. The number of nitrogens with one attached hydrogen (secondary N) is 1. The monoisotopic (exact) mass is 366 g/mol. The van der Waals surface area contributed by atoms with Gasteiger partial charge in [0.25, 0.3) is 5.91 Å². The van der Waals surface area contributed by atoms with Crippen LogP contribution in [0.15, 0.2) is 18.2 Å². The van der Waals surface area contributed by atoms with Crippen molar-refractivity contribution in [3.8, 4) is 0 Å². The van der Waals surface area contributed by atoms with Gasteiger partial charge >= 0.3 is 5.97 Å². The molecule has 0 unspecified atom stereocenters. The molecule has 1 aliphatic carbocycles. The Morgan fingerprint density at radius 1 is 1.23 bits per heavy atom. The van der Waals surface area contributed by atoms with Crippen LogP contribution in [0.5, 0.6) is 0 Å². The SMILES string of the molecule is O=C(COC(=O)[C@@H]1CC(=O)N(C2CCCC2)C1)Nc1ccc(F)cc1F. The quantitative estimate of drug-likeness (QED) is 0.811. The molecule has 0 radical (unpaired) electrons. The molecule has 2 fully saturated rings. The van der Waals surface area contributed by atoms with Crippen molar-refractivity contribution in [2.45, 2.75) is 38.1 Å². The molecule has 1 N–H and O–H groups in total. The molecule has 1 aromatic carbocycles. The third kappa shape index (κ3) is 4.17. The fourth-order valence-corrected chi connectivity index (χ4v) is 3.49. The molecule has 1 saturated carbocycles.